The first kappa shape index (κ1) is 21.9. The number of hydrogen-bond acceptors (Lipinski definition) is 5. The Morgan fingerprint density at radius 1 is 1.00 bits per heavy atom. The van der Waals surface area contributed by atoms with Crippen molar-refractivity contribution in [1.82, 2.24) is 4.90 Å². The van der Waals surface area contributed by atoms with Crippen molar-refractivity contribution < 1.29 is 14.3 Å². The summed E-state index contributed by atoms with van der Waals surface area (Å²) in [6.07, 6.45) is 0. The number of nitrogens with one attached hydrogen (secondary N) is 1. The van der Waals surface area contributed by atoms with E-state index in [9.17, 15) is 4.79 Å². The van der Waals surface area contributed by atoms with Crippen molar-refractivity contribution in [2.24, 2.45) is 0 Å². The summed E-state index contributed by atoms with van der Waals surface area (Å²) in [5.41, 5.74) is 1.20. The molecule has 0 aliphatic heterocycles. The molecular formula is C24H28N2O3S. The second-order valence-electron chi connectivity index (χ2n) is 6.72. The third-order valence-corrected chi connectivity index (χ3v) is 5.60. The number of thiophene rings is 1. The van der Waals surface area contributed by atoms with Crippen molar-refractivity contribution in [2.45, 2.75) is 20.5 Å². The van der Waals surface area contributed by atoms with Crippen LogP contribution in [-0.4, -0.2) is 37.0 Å². The minimum Gasteiger partial charge on any atom is -0.490 e. The number of anilines is 1. The average molecular weight is 425 g/mol. The van der Waals surface area contributed by atoms with E-state index in [2.05, 4.69) is 24.1 Å². The van der Waals surface area contributed by atoms with Gasteiger partial charge in [0.1, 0.15) is 24.7 Å². The Morgan fingerprint density at radius 3 is 2.60 bits per heavy atom. The molecular weight excluding hydrogens is 396 g/mol. The number of rotatable bonds is 11. The number of nitrogens with zero attached hydrogens (tertiary/aromatic N) is 1. The molecule has 0 aliphatic rings. The van der Waals surface area contributed by atoms with Gasteiger partial charge in [0.15, 0.2) is 0 Å². The van der Waals surface area contributed by atoms with Crippen LogP contribution >= 0.6 is 11.3 Å². The van der Waals surface area contributed by atoms with Crippen molar-refractivity contribution in [3.8, 4) is 11.5 Å². The molecule has 1 aromatic heterocycles. The molecule has 0 bridgehead atoms. The largest absolute Gasteiger partial charge is 0.490 e. The van der Waals surface area contributed by atoms with Crippen LogP contribution in [0.2, 0.25) is 0 Å². The maximum Gasteiger partial charge on any atom is 0.255 e. The lowest BCUT2D eigenvalue weighted by Gasteiger charge is -2.19. The molecule has 0 aliphatic carbocycles. The first-order valence-corrected chi connectivity index (χ1v) is 11.1. The molecule has 0 saturated heterocycles. The van der Waals surface area contributed by atoms with Gasteiger partial charge in [-0.25, -0.2) is 0 Å². The molecule has 5 nitrogen and oxygen atoms in total. The molecule has 158 valence electrons. The molecule has 0 atom stereocenters. The second-order valence-corrected chi connectivity index (χ2v) is 7.75. The highest BCUT2D eigenvalue weighted by atomic mass is 32.1. The highest BCUT2D eigenvalue weighted by Crippen LogP contribution is 2.25. The third kappa shape index (κ3) is 6.34. The maximum absolute atomic E-state index is 12.8. The van der Waals surface area contributed by atoms with E-state index in [1.165, 1.54) is 0 Å². The van der Waals surface area contributed by atoms with Gasteiger partial charge in [-0.05, 0) is 54.9 Å². The van der Waals surface area contributed by atoms with Crippen LogP contribution in [0.4, 0.5) is 5.69 Å². The number of para-hydroxylation sites is 2. The average Bonchev–Trinajstić information content (AvgIpc) is 3.30. The van der Waals surface area contributed by atoms with E-state index >= 15 is 0 Å². The molecule has 30 heavy (non-hydrogen) atoms. The van der Waals surface area contributed by atoms with Gasteiger partial charge >= 0.3 is 0 Å². The van der Waals surface area contributed by atoms with E-state index in [1.807, 2.05) is 53.9 Å². The third-order valence-electron chi connectivity index (χ3n) is 4.75. The zero-order chi connectivity index (χ0) is 21.2. The lowest BCUT2D eigenvalue weighted by molar-refractivity contribution is 0.102. The number of carbonyl (C=O) groups excluding carboxylic acids is 1. The highest BCUT2D eigenvalue weighted by Gasteiger charge is 2.11. The van der Waals surface area contributed by atoms with Crippen LogP contribution in [0.15, 0.2) is 66.0 Å². The van der Waals surface area contributed by atoms with Crippen LogP contribution in [0.25, 0.3) is 0 Å². The van der Waals surface area contributed by atoms with Crippen molar-refractivity contribution >= 4 is 22.9 Å². The molecule has 3 aromatic rings. The smallest absolute Gasteiger partial charge is 0.255 e. The van der Waals surface area contributed by atoms with E-state index in [1.54, 1.807) is 23.5 Å². The Labute approximate surface area is 182 Å². The number of carbonyl (C=O) groups is 1. The molecule has 0 unspecified atom stereocenters. The van der Waals surface area contributed by atoms with E-state index in [0.29, 0.717) is 36.0 Å². The number of likely N-dealkylation sites (N-methyl/N-ethyl adjacent to an activating group) is 1. The zero-order valence-electron chi connectivity index (χ0n) is 17.5. The topological polar surface area (TPSA) is 50.8 Å². The van der Waals surface area contributed by atoms with E-state index in [-0.39, 0.29) is 5.91 Å². The van der Waals surface area contributed by atoms with Gasteiger partial charge < -0.3 is 19.7 Å². The maximum atomic E-state index is 12.8. The number of hydrogen-bond donors (Lipinski definition) is 1. The van der Waals surface area contributed by atoms with E-state index in [4.69, 9.17) is 9.47 Å². The molecule has 0 fully saturated rings. The van der Waals surface area contributed by atoms with Gasteiger partial charge in [0.2, 0.25) is 0 Å². The van der Waals surface area contributed by atoms with E-state index in [0.717, 1.165) is 24.5 Å². The van der Waals surface area contributed by atoms with Crippen molar-refractivity contribution in [2.75, 3.05) is 31.6 Å². The summed E-state index contributed by atoms with van der Waals surface area (Å²) in [5, 5.41) is 4.98. The van der Waals surface area contributed by atoms with Gasteiger partial charge in [-0.2, -0.15) is 0 Å². The van der Waals surface area contributed by atoms with Crippen LogP contribution in [0.1, 0.15) is 29.1 Å². The summed E-state index contributed by atoms with van der Waals surface area (Å²) in [5.74, 6) is 1.14. The SMILES string of the molecule is CCN(CC)CCOc1ccccc1NC(=O)c1cccc(OCc2cccs2)c1. The zero-order valence-corrected chi connectivity index (χ0v) is 18.3. The minimum absolute atomic E-state index is 0.198. The van der Waals surface area contributed by atoms with Gasteiger partial charge in [0.05, 0.1) is 5.69 Å². The van der Waals surface area contributed by atoms with Gasteiger partial charge in [-0.15, -0.1) is 11.3 Å². The molecule has 0 spiro atoms. The Hall–Kier alpha value is -2.83. The molecule has 6 heteroatoms. The standard InChI is InChI=1S/C24H28N2O3S/c1-3-26(4-2)14-15-28-23-13-6-5-12-22(23)25-24(27)19-9-7-10-20(17-19)29-18-21-11-8-16-30-21/h5-13,16-17H,3-4,14-15,18H2,1-2H3,(H,25,27). The fraction of sp³-hybridized carbons (Fsp3) is 0.292. The lowest BCUT2D eigenvalue weighted by atomic mass is 10.2. The summed E-state index contributed by atoms with van der Waals surface area (Å²) in [7, 11) is 0. The molecule has 1 amide bonds. The van der Waals surface area contributed by atoms with Crippen LogP contribution < -0.4 is 14.8 Å². The monoisotopic (exact) mass is 424 g/mol. The van der Waals surface area contributed by atoms with Crippen molar-refractivity contribution in [1.29, 1.82) is 0 Å². The predicted octanol–water partition coefficient (Wildman–Crippen LogP) is 5.30. The second kappa shape index (κ2) is 11.4. The highest BCUT2D eigenvalue weighted by molar-refractivity contribution is 7.09. The predicted molar refractivity (Wildman–Crippen MR) is 123 cm³/mol. The number of benzene rings is 2. The Bertz CT molecular complexity index is 924. The van der Waals surface area contributed by atoms with Gasteiger partial charge in [-0.1, -0.05) is 38.1 Å². The Balaban J connectivity index is 1.61. The number of ether oxygens (including phenoxy) is 2. The summed E-state index contributed by atoms with van der Waals surface area (Å²) in [6.45, 7) is 8.16. The molecule has 3 rings (SSSR count). The summed E-state index contributed by atoms with van der Waals surface area (Å²) in [4.78, 5) is 16.2. The van der Waals surface area contributed by atoms with Crippen molar-refractivity contribution in [3.63, 3.8) is 0 Å². The fourth-order valence-electron chi connectivity index (χ4n) is 2.99. The first-order valence-electron chi connectivity index (χ1n) is 10.2. The summed E-state index contributed by atoms with van der Waals surface area (Å²) >= 11 is 1.65. The molecule has 0 radical (unpaired) electrons. The van der Waals surface area contributed by atoms with Crippen LogP contribution in [0.3, 0.4) is 0 Å². The first-order chi connectivity index (χ1) is 14.7. The Morgan fingerprint density at radius 2 is 1.83 bits per heavy atom. The lowest BCUT2D eigenvalue weighted by Crippen LogP contribution is -2.28. The summed E-state index contributed by atoms with van der Waals surface area (Å²) < 4.78 is 11.7. The van der Waals surface area contributed by atoms with Crippen LogP contribution in [0.5, 0.6) is 11.5 Å². The Kier molecular flexibility index (Phi) is 8.30. The molecule has 0 saturated carbocycles. The quantitative estimate of drug-likeness (QED) is 0.454. The van der Waals surface area contributed by atoms with Crippen molar-refractivity contribution in [3.05, 3.63) is 76.5 Å². The van der Waals surface area contributed by atoms with Crippen LogP contribution in [-0.2, 0) is 6.61 Å². The van der Waals surface area contributed by atoms with Crippen LogP contribution in [0, 0.1) is 0 Å². The minimum atomic E-state index is -0.198. The molecule has 1 heterocycles. The normalized spacial score (nSPS) is 10.8. The number of amides is 1. The summed E-state index contributed by atoms with van der Waals surface area (Å²) in [6, 6.07) is 18.7. The van der Waals surface area contributed by atoms with Gasteiger partial charge in [0.25, 0.3) is 5.91 Å². The van der Waals surface area contributed by atoms with Gasteiger partial charge in [0, 0.05) is 17.0 Å². The van der Waals surface area contributed by atoms with E-state index < -0.39 is 0 Å². The molecule has 2 aromatic carbocycles. The van der Waals surface area contributed by atoms with Gasteiger partial charge in [-0.3, -0.25) is 4.79 Å². The molecule has 1 N–H and O–H groups in total. The fourth-order valence-corrected chi connectivity index (χ4v) is 3.61.